The maximum Gasteiger partial charge on any atom is 0.238 e. The van der Waals surface area contributed by atoms with E-state index in [0.717, 1.165) is 18.2 Å². The summed E-state index contributed by atoms with van der Waals surface area (Å²) in [6.45, 7) is 1.97. The number of benzene rings is 2. The van der Waals surface area contributed by atoms with Crippen LogP contribution in [-0.2, 0) is 11.3 Å². The van der Waals surface area contributed by atoms with Crippen LogP contribution in [0.1, 0.15) is 18.4 Å². The topological polar surface area (TPSA) is 53.2 Å². The minimum atomic E-state index is -0.0447. The molecule has 1 aliphatic carbocycles. The quantitative estimate of drug-likeness (QED) is 0.681. The molecule has 24 heavy (non-hydrogen) atoms. The van der Waals surface area contributed by atoms with Crippen LogP contribution in [0.15, 0.2) is 48.5 Å². The Morgan fingerprint density at radius 1 is 1.12 bits per heavy atom. The largest absolute Gasteiger partial charge is 0.380 e. The van der Waals surface area contributed by atoms with Crippen LogP contribution in [0.2, 0.25) is 5.02 Å². The second kappa shape index (κ2) is 8.18. The first-order valence-corrected chi connectivity index (χ1v) is 8.66. The lowest BCUT2D eigenvalue weighted by Crippen LogP contribution is -2.29. The van der Waals surface area contributed by atoms with Crippen molar-refractivity contribution in [2.45, 2.75) is 19.4 Å². The molecule has 0 spiro atoms. The van der Waals surface area contributed by atoms with Crippen molar-refractivity contribution in [3.8, 4) is 0 Å². The number of hydrogen-bond acceptors (Lipinski definition) is 3. The molecule has 0 unspecified atom stereocenters. The van der Waals surface area contributed by atoms with E-state index in [9.17, 15) is 4.79 Å². The van der Waals surface area contributed by atoms with Crippen molar-refractivity contribution in [3.05, 3.63) is 59.1 Å². The van der Waals surface area contributed by atoms with Crippen molar-refractivity contribution < 1.29 is 4.79 Å². The number of rotatable bonds is 8. The molecule has 4 nitrogen and oxygen atoms in total. The standard InChI is InChI=1S/C19H22ClN3O/c20-17-10-16(23-19(24)13-21-11-15-6-7-15)8-9-18(17)22-12-14-4-2-1-3-5-14/h1-5,8-10,15,21-22H,6-7,11-13H2,(H,23,24). The minimum Gasteiger partial charge on any atom is -0.380 e. The molecule has 3 N–H and O–H groups in total. The third-order valence-electron chi connectivity index (χ3n) is 3.99. The number of amides is 1. The van der Waals surface area contributed by atoms with E-state index in [1.807, 2.05) is 30.3 Å². The van der Waals surface area contributed by atoms with Crippen molar-refractivity contribution in [2.75, 3.05) is 23.7 Å². The van der Waals surface area contributed by atoms with E-state index < -0.39 is 0 Å². The van der Waals surface area contributed by atoms with Gasteiger partial charge in [0, 0.05) is 12.2 Å². The molecule has 0 atom stereocenters. The summed E-state index contributed by atoms with van der Waals surface area (Å²) in [5, 5.41) is 9.94. The summed E-state index contributed by atoms with van der Waals surface area (Å²) in [5.74, 6) is 0.721. The Morgan fingerprint density at radius 3 is 2.62 bits per heavy atom. The number of nitrogens with one attached hydrogen (secondary N) is 3. The Balaban J connectivity index is 1.48. The van der Waals surface area contributed by atoms with Crippen LogP contribution in [0.5, 0.6) is 0 Å². The fraction of sp³-hybridized carbons (Fsp3) is 0.316. The van der Waals surface area contributed by atoms with Gasteiger partial charge in [-0.3, -0.25) is 4.79 Å². The van der Waals surface area contributed by atoms with Gasteiger partial charge >= 0.3 is 0 Å². The van der Waals surface area contributed by atoms with Gasteiger partial charge in [-0.05, 0) is 49.1 Å². The molecule has 5 heteroatoms. The molecule has 3 rings (SSSR count). The smallest absolute Gasteiger partial charge is 0.238 e. The van der Waals surface area contributed by atoms with Crippen LogP contribution < -0.4 is 16.0 Å². The van der Waals surface area contributed by atoms with Gasteiger partial charge in [-0.1, -0.05) is 41.9 Å². The number of hydrogen-bond donors (Lipinski definition) is 3. The highest BCUT2D eigenvalue weighted by molar-refractivity contribution is 6.33. The molecule has 1 aliphatic rings. The van der Waals surface area contributed by atoms with Crippen molar-refractivity contribution in [1.29, 1.82) is 0 Å². The molecule has 0 bridgehead atoms. The monoisotopic (exact) mass is 343 g/mol. The van der Waals surface area contributed by atoms with E-state index in [-0.39, 0.29) is 5.91 Å². The zero-order valence-corrected chi connectivity index (χ0v) is 14.3. The van der Waals surface area contributed by atoms with Crippen molar-refractivity contribution in [2.24, 2.45) is 5.92 Å². The lowest BCUT2D eigenvalue weighted by atomic mass is 10.2. The summed E-state index contributed by atoms with van der Waals surface area (Å²) in [6, 6.07) is 15.6. The number of anilines is 2. The maximum absolute atomic E-state index is 11.9. The molecular formula is C19H22ClN3O. The molecule has 0 heterocycles. The van der Waals surface area contributed by atoms with Crippen LogP contribution in [0, 0.1) is 5.92 Å². The van der Waals surface area contributed by atoms with Crippen molar-refractivity contribution in [3.63, 3.8) is 0 Å². The molecule has 2 aromatic rings. The highest BCUT2D eigenvalue weighted by Crippen LogP contribution is 2.27. The Hall–Kier alpha value is -2.04. The molecule has 2 aromatic carbocycles. The van der Waals surface area contributed by atoms with Gasteiger partial charge in [-0.15, -0.1) is 0 Å². The van der Waals surface area contributed by atoms with Gasteiger partial charge in [0.25, 0.3) is 0 Å². The van der Waals surface area contributed by atoms with E-state index in [1.165, 1.54) is 18.4 Å². The lowest BCUT2D eigenvalue weighted by molar-refractivity contribution is -0.115. The zero-order valence-electron chi connectivity index (χ0n) is 13.5. The fourth-order valence-electron chi connectivity index (χ4n) is 2.45. The lowest BCUT2D eigenvalue weighted by Gasteiger charge is -2.11. The summed E-state index contributed by atoms with van der Waals surface area (Å²) in [7, 11) is 0. The molecule has 1 saturated carbocycles. The van der Waals surface area contributed by atoms with E-state index in [1.54, 1.807) is 6.07 Å². The molecule has 0 radical (unpaired) electrons. The summed E-state index contributed by atoms with van der Waals surface area (Å²) in [6.07, 6.45) is 2.56. The molecular weight excluding hydrogens is 322 g/mol. The Morgan fingerprint density at radius 2 is 1.92 bits per heavy atom. The second-order valence-corrected chi connectivity index (χ2v) is 6.56. The predicted octanol–water partition coefficient (Wildman–Crippen LogP) is 3.89. The Labute approximate surface area is 147 Å². The van der Waals surface area contributed by atoms with Crippen LogP contribution in [-0.4, -0.2) is 19.0 Å². The highest BCUT2D eigenvalue weighted by Gasteiger charge is 2.20. The number of halogens is 1. The van der Waals surface area contributed by atoms with Crippen molar-refractivity contribution >= 4 is 28.9 Å². The molecule has 1 amide bonds. The first kappa shape index (κ1) is 16.8. The maximum atomic E-state index is 11.9. The Bertz CT molecular complexity index is 686. The van der Waals surface area contributed by atoms with E-state index in [4.69, 9.17) is 11.6 Å². The van der Waals surface area contributed by atoms with Gasteiger partial charge in [-0.2, -0.15) is 0 Å². The highest BCUT2D eigenvalue weighted by atomic mass is 35.5. The van der Waals surface area contributed by atoms with Crippen LogP contribution >= 0.6 is 11.6 Å². The summed E-state index contributed by atoms with van der Waals surface area (Å²) in [4.78, 5) is 11.9. The molecule has 126 valence electrons. The minimum absolute atomic E-state index is 0.0447. The van der Waals surface area contributed by atoms with Crippen LogP contribution in [0.3, 0.4) is 0 Å². The number of carbonyl (C=O) groups is 1. The first-order chi connectivity index (χ1) is 11.7. The average Bonchev–Trinajstić information content (AvgIpc) is 3.39. The Kier molecular flexibility index (Phi) is 5.72. The van der Waals surface area contributed by atoms with Gasteiger partial charge in [0.2, 0.25) is 5.91 Å². The van der Waals surface area contributed by atoms with Crippen LogP contribution in [0.4, 0.5) is 11.4 Å². The van der Waals surface area contributed by atoms with Crippen molar-refractivity contribution in [1.82, 2.24) is 5.32 Å². The third-order valence-corrected chi connectivity index (χ3v) is 4.31. The predicted molar refractivity (Wildman–Crippen MR) is 99.4 cm³/mol. The molecule has 1 fully saturated rings. The van der Waals surface area contributed by atoms with Gasteiger partial charge in [0.15, 0.2) is 0 Å². The van der Waals surface area contributed by atoms with E-state index in [0.29, 0.717) is 23.8 Å². The normalized spacial score (nSPS) is 13.5. The third kappa shape index (κ3) is 5.25. The summed E-state index contributed by atoms with van der Waals surface area (Å²) in [5.41, 5.74) is 2.75. The van der Waals surface area contributed by atoms with Gasteiger partial charge in [0.05, 0.1) is 17.3 Å². The molecule has 0 aliphatic heterocycles. The van der Waals surface area contributed by atoms with Gasteiger partial charge < -0.3 is 16.0 Å². The van der Waals surface area contributed by atoms with E-state index in [2.05, 4.69) is 28.1 Å². The fourth-order valence-corrected chi connectivity index (χ4v) is 2.69. The summed E-state index contributed by atoms with van der Waals surface area (Å²) < 4.78 is 0. The second-order valence-electron chi connectivity index (χ2n) is 6.16. The summed E-state index contributed by atoms with van der Waals surface area (Å²) >= 11 is 6.30. The average molecular weight is 344 g/mol. The SMILES string of the molecule is O=C(CNCC1CC1)Nc1ccc(NCc2ccccc2)c(Cl)c1. The molecule has 0 saturated heterocycles. The number of carbonyl (C=O) groups excluding carboxylic acids is 1. The van der Waals surface area contributed by atoms with Gasteiger partial charge in [-0.25, -0.2) is 0 Å². The van der Waals surface area contributed by atoms with Gasteiger partial charge in [0.1, 0.15) is 0 Å². The molecule has 0 aromatic heterocycles. The zero-order chi connectivity index (χ0) is 16.8. The van der Waals surface area contributed by atoms with Crippen LogP contribution in [0.25, 0.3) is 0 Å². The first-order valence-electron chi connectivity index (χ1n) is 8.28. The van der Waals surface area contributed by atoms with E-state index >= 15 is 0 Å².